The van der Waals surface area contributed by atoms with Crippen LogP contribution < -0.4 is 0 Å². The van der Waals surface area contributed by atoms with Crippen molar-refractivity contribution in [2.45, 2.75) is 26.3 Å². The topological polar surface area (TPSA) is 53.0 Å². The Morgan fingerprint density at radius 1 is 1.14 bits per heavy atom. The lowest BCUT2D eigenvalue weighted by Crippen LogP contribution is -2.40. The van der Waals surface area contributed by atoms with Gasteiger partial charge in [0.05, 0.1) is 11.8 Å². The van der Waals surface area contributed by atoms with Gasteiger partial charge in [-0.15, -0.1) is 0 Å². The highest BCUT2D eigenvalue weighted by Crippen LogP contribution is 2.33. The molecule has 1 heterocycles. The third kappa shape index (κ3) is 4.50. The third-order valence-corrected chi connectivity index (χ3v) is 4.85. The van der Waals surface area contributed by atoms with E-state index in [1.807, 2.05) is 0 Å². The molecule has 0 radical (unpaired) electrons. The number of hydrazone groups is 1. The van der Waals surface area contributed by atoms with Gasteiger partial charge in [0.25, 0.3) is 5.91 Å². The fourth-order valence-corrected chi connectivity index (χ4v) is 3.34. The normalized spacial score (nSPS) is 16.1. The van der Waals surface area contributed by atoms with Gasteiger partial charge in [-0.05, 0) is 23.8 Å². The van der Waals surface area contributed by atoms with Crippen molar-refractivity contribution in [2.24, 2.45) is 11.0 Å². The molecule has 0 spiro atoms. The summed E-state index contributed by atoms with van der Waals surface area (Å²) < 4.78 is 27.6. The van der Waals surface area contributed by atoms with Crippen LogP contribution in [0.1, 0.15) is 37.4 Å². The van der Waals surface area contributed by atoms with Gasteiger partial charge in [-0.25, -0.2) is 13.8 Å². The monoisotopic (exact) mass is 399 g/mol. The Morgan fingerprint density at radius 3 is 2.41 bits per heavy atom. The fourth-order valence-electron chi connectivity index (χ4n) is 3.34. The number of likely N-dealkylation sites (N-methyl/N-ethyl adjacent to an activating group) is 1. The second-order valence-corrected chi connectivity index (χ2v) is 7.39. The molecule has 0 bridgehead atoms. The van der Waals surface area contributed by atoms with Crippen molar-refractivity contribution in [1.29, 1.82) is 0 Å². The molecule has 2 aromatic rings. The van der Waals surface area contributed by atoms with Crippen molar-refractivity contribution in [3.8, 4) is 0 Å². The molecule has 0 fully saturated rings. The maximum absolute atomic E-state index is 14.3. The predicted molar refractivity (Wildman–Crippen MR) is 106 cm³/mol. The van der Waals surface area contributed by atoms with Crippen molar-refractivity contribution in [3.63, 3.8) is 0 Å². The van der Waals surface area contributed by atoms with Crippen LogP contribution in [0.2, 0.25) is 0 Å². The highest BCUT2D eigenvalue weighted by Gasteiger charge is 2.34. The Balaban J connectivity index is 1.91. The molecule has 1 unspecified atom stereocenters. The number of nitrogens with zero attached hydrogens (tertiary/aromatic N) is 3. The number of rotatable bonds is 5. The molecule has 1 aliphatic heterocycles. The van der Waals surface area contributed by atoms with E-state index in [-0.39, 0.29) is 30.1 Å². The Kier molecular flexibility index (Phi) is 6.06. The summed E-state index contributed by atoms with van der Waals surface area (Å²) in [6.45, 7) is 3.37. The summed E-state index contributed by atoms with van der Waals surface area (Å²) in [5.74, 6) is -1.60. The van der Waals surface area contributed by atoms with Crippen LogP contribution in [0.4, 0.5) is 8.78 Å². The Morgan fingerprint density at radius 2 is 1.79 bits per heavy atom. The number of hydrogen-bond acceptors (Lipinski definition) is 3. The SMILES string of the molecule is CC(C)C(=O)N(C)CC(=O)N1N=C(c2ccccc2F)CC1c1ccc(F)cc1. The molecule has 1 atom stereocenters. The summed E-state index contributed by atoms with van der Waals surface area (Å²) in [5.41, 5.74) is 1.44. The van der Waals surface area contributed by atoms with Crippen molar-refractivity contribution in [2.75, 3.05) is 13.6 Å². The van der Waals surface area contributed by atoms with Gasteiger partial charge >= 0.3 is 0 Å². The van der Waals surface area contributed by atoms with Gasteiger partial charge in [-0.3, -0.25) is 9.59 Å². The van der Waals surface area contributed by atoms with E-state index in [4.69, 9.17) is 0 Å². The lowest BCUT2D eigenvalue weighted by Gasteiger charge is -2.25. The maximum atomic E-state index is 14.3. The minimum atomic E-state index is -0.500. The number of carbonyl (C=O) groups is 2. The maximum Gasteiger partial charge on any atom is 0.262 e. The van der Waals surface area contributed by atoms with Crippen LogP contribution in [0.5, 0.6) is 0 Å². The number of hydrogen-bond donors (Lipinski definition) is 0. The summed E-state index contributed by atoms with van der Waals surface area (Å²) in [6, 6.07) is 11.5. The summed E-state index contributed by atoms with van der Waals surface area (Å²) in [4.78, 5) is 26.4. The van der Waals surface area contributed by atoms with Crippen molar-refractivity contribution in [3.05, 3.63) is 71.3 Å². The van der Waals surface area contributed by atoms with Gasteiger partial charge in [0.1, 0.15) is 18.2 Å². The van der Waals surface area contributed by atoms with E-state index in [2.05, 4.69) is 5.10 Å². The fraction of sp³-hybridized carbons (Fsp3) is 0.318. The summed E-state index contributed by atoms with van der Waals surface area (Å²) in [7, 11) is 1.56. The van der Waals surface area contributed by atoms with Gasteiger partial charge in [-0.2, -0.15) is 5.10 Å². The lowest BCUT2D eigenvalue weighted by molar-refractivity contribution is -0.142. The minimum Gasteiger partial charge on any atom is -0.336 e. The molecule has 5 nitrogen and oxygen atoms in total. The third-order valence-electron chi connectivity index (χ3n) is 4.85. The molecule has 0 N–H and O–H groups in total. The van der Waals surface area contributed by atoms with Gasteiger partial charge in [0, 0.05) is 24.9 Å². The highest BCUT2D eigenvalue weighted by molar-refractivity contribution is 6.03. The molecular formula is C22H23F2N3O2. The summed E-state index contributed by atoms with van der Waals surface area (Å²) in [6.07, 6.45) is 0.292. The second-order valence-electron chi connectivity index (χ2n) is 7.39. The smallest absolute Gasteiger partial charge is 0.262 e. The van der Waals surface area contributed by atoms with Crippen LogP contribution in [-0.4, -0.2) is 41.0 Å². The quantitative estimate of drug-likeness (QED) is 0.769. The Bertz CT molecular complexity index is 941. The zero-order chi connectivity index (χ0) is 21.1. The average Bonchev–Trinajstić information content (AvgIpc) is 3.13. The predicted octanol–water partition coefficient (Wildman–Crippen LogP) is 3.76. The Hall–Kier alpha value is -3.09. The van der Waals surface area contributed by atoms with Crippen LogP contribution >= 0.6 is 0 Å². The average molecular weight is 399 g/mol. The lowest BCUT2D eigenvalue weighted by atomic mass is 9.98. The molecule has 0 aliphatic carbocycles. The van der Waals surface area contributed by atoms with Gasteiger partial charge in [-0.1, -0.05) is 44.2 Å². The van der Waals surface area contributed by atoms with E-state index in [9.17, 15) is 18.4 Å². The molecule has 2 amide bonds. The minimum absolute atomic E-state index is 0.150. The molecule has 2 aromatic carbocycles. The summed E-state index contributed by atoms with van der Waals surface area (Å²) >= 11 is 0. The molecular weight excluding hydrogens is 376 g/mol. The van der Waals surface area contributed by atoms with Crippen LogP contribution in [-0.2, 0) is 9.59 Å². The highest BCUT2D eigenvalue weighted by atomic mass is 19.1. The zero-order valence-corrected chi connectivity index (χ0v) is 16.6. The van der Waals surface area contributed by atoms with E-state index >= 15 is 0 Å². The van der Waals surface area contributed by atoms with E-state index in [0.29, 0.717) is 23.3 Å². The van der Waals surface area contributed by atoms with E-state index in [1.165, 1.54) is 28.1 Å². The first-order valence-corrected chi connectivity index (χ1v) is 9.42. The Labute approximate surface area is 168 Å². The van der Waals surface area contributed by atoms with Crippen LogP contribution in [0.25, 0.3) is 0 Å². The second kappa shape index (κ2) is 8.51. The summed E-state index contributed by atoms with van der Waals surface area (Å²) in [5, 5.41) is 5.66. The first-order valence-electron chi connectivity index (χ1n) is 9.42. The number of halogens is 2. The van der Waals surface area contributed by atoms with Crippen LogP contribution in [0.15, 0.2) is 53.6 Å². The first kappa shape index (κ1) is 20.6. The van der Waals surface area contributed by atoms with E-state index < -0.39 is 11.9 Å². The molecule has 1 aliphatic rings. The van der Waals surface area contributed by atoms with Crippen molar-refractivity contribution >= 4 is 17.5 Å². The number of benzene rings is 2. The first-order chi connectivity index (χ1) is 13.8. The van der Waals surface area contributed by atoms with Crippen LogP contribution in [0.3, 0.4) is 0 Å². The van der Waals surface area contributed by atoms with Gasteiger partial charge in [0.15, 0.2) is 0 Å². The number of carbonyl (C=O) groups excluding carboxylic acids is 2. The molecule has 152 valence electrons. The van der Waals surface area contributed by atoms with E-state index in [0.717, 1.165) is 0 Å². The van der Waals surface area contributed by atoms with Crippen molar-refractivity contribution < 1.29 is 18.4 Å². The standard InChI is InChI=1S/C22H23F2N3O2/c1-14(2)22(29)26(3)13-21(28)27-20(15-8-10-16(23)11-9-15)12-19(25-27)17-6-4-5-7-18(17)24/h4-11,14,20H,12-13H2,1-3H3. The zero-order valence-electron chi connectivity index (χ0n) is 16.6. The van der Waals surface area contributed by atoms with Gasteiger partial charge < -0.3 is 4.90 Å². The molecule has 29 heavy (non-hydrogen) atoms. The molecule has 7 heteroatoms. The van der Waals surface area contributed by atoms with E-state index in [1.54, 1.807) is 51.2 Å². The van der Waals surface area contributed by atoms with Crippen molar-refractivity contribution in [1.82, 2.24) is 9.91 Å². The molecule has 3 rings (SSSR count). The van der Waals surface area contributed by atoms with Crippen LogP contribution in [0, 0.1) is 17.6 Å². The molecule has 0 saturated carbocycles. The largest absolute Gasteiger partial charge is 0.336 e. The number of amides is 2. The van der Waals surface area contributed by atoms with Gasteiger partial charge in [0.2, 0.25) is 5.91 Å². The molecule has 0 saturated heterocycles. The molecule has 0 aromatic heterocycles.